The monoisotopic (exact) mass is 392 g/mol. The van der Waals surface area contributed by atoms with Crippen LogP contribution in [0.1, 0.15) is 20.3 Å². The predicted octanol–water partition coefficient (Wildman–Crippen LogP) is 5.36. The minimum atomic E-state index is 0.519. The van der Waals surface area contributed by atoms with Crippen LogP contribution in [0.15, 0.2) is 54.6 Å². The molecular formula is C23H28N4O2. The Morgan fingerprint density at radius 2 is 1.66 bits per heavy atom. The van der Waals surface area contributed by atoms with Crippen molar-refractivity contribution >= 4 is 17.5 Å². The van der Waals surface area contributed by atoms with Crippen molar-refractivity contribution in [3.05, 3.63) is 54.6 Å². The van der Waals surface area contributed by atoms with Gasteiger partial charge in [0.1, 0.15) is 5.82 Å². The van der Waals surface area contributed by atoms with Crippen LogP contribution in [0.25, 0.3) is 11.3 Å². The summed E-state index contributed by atoms with van der Waals surface area (Å²) in [5, 5.41) is 6.70. The summed E-state index contributed by atoms with van der Waals surface area (Å²) in [6.45, 7) is 5.28. The van der Waals surface area contributed by atoms with E-state index in [1.165, 1.54) is 0 Å². The Morgan fingerprint density at radius 1 is 0.897 bits per heavy atom. The van der Waals surface area contributed by atoms with Crippen LogP contribution >= 0.6 is 0 Å². The molecule has 1 heterocycles. The van der Waals surface area contributed by atoms with Crippen LogP contribution in [0.5, 0.6) is 11.5 Å². The number of methoxy groups -OCH3 is 2. The largest absolute Gasteiger partial charge is 0.493 e. The van der Waals surface area contributed by atoms with Crippen LogP contribution in [0.2, 0.25) is 0 Å². The molecule has 0 aliphatic rings. The first kappa shape index (κ1) is 20.5. The Labute approximate surface area is 172 Å². The molecule has 29 heavy (non-hydrogen) atoms. The summed E-state index contributed by atoms with van der Waals surface area (Å²) >= 11 is 0. The Bertz CT molecular complexity index is 929. The summed E-state index contributed by atoms with van der Waals surface area (Å²) in [6.07, 6.45) is 1.07. The zero-order valence-electron chi connectivity index (χ0n) is 17.4. The van der Waals surface area contributed by atoms with Gasteiger partial charge in [-0.05, 0) is 24.5 Å². The zero-order valence-corrected chi connectivity index (χ0v) is 17.4. The van der Waals surface area contributed by atoms with E-state index in [4.69, 9.17) is 14.5 Å². The van der Waals surface area contributed by atoms with Gasteiger partial charge in [0.05, 0.1) is 19.9 Å². The second kappa shape index (κ2) is 9.78. The fraction of sp³-hybridized carbons (Fsp3) is 0.304. The highest BCUT2D eigenvalue weighted by Crippen LogP contribution is 2.31. The molecule has 152 valence electrons. The predicted molar refractivity (Wildman–Crippen MR) is 118 cm³/mol. The first-order valence-corrected chi connectivity index (χ1v) is 9.76. The summed E-state index contributed by atoms with van der Waals surface area (Å²) in [4.78, 5) is 9.35. The maximum Gasteiger partial charge on any atom is 0.229 e. The van der Waals surface area contributed by atoms with Gasteiger partial charge in [0, 0.05) is 29.9 Å². The molecule has 0 spiro atoms. The van der Waals surface area contributed by atoms with Crippen LogP contribution in [0.4, 0.5) is 17.5 Å². The van der Waals surface area contributed by atoms with E-state index in [1.807, 2.05) is 54.6 Å². The maximum atomic E-state index is 5.39. The van der Waals surface area contributed by atoms with Crippen molar-refractivity contribution in [2.75, 3.05) is 31.4 Å². The third-order valence-corrected chi connectivity index (χ3v) is 4.46. The number of hydrogen-bond donors (Lipinski definition) is 2. The lowest BCUT2D eigenvalue weighted by Gasteiger charge is -2.13. The van der Waals surface area contributed by atoms with E-state index in [0.29, 0.717) is 23.4 Å². The summed E-state index contributed by atoms with van der Waals surface area (Å²) < 4.78 is 10.7. The van der Waals surface area contributed by atoms with E-state index in [-0.39, 0.29) is 0 Å². The molecule has 0 radical (unpaired) electrons. The van der Waals surface area contributed by atoms with E-state index >= 15 is 0 Å². The van der Waals surface area contributed by atoms with E-state index in [0.717, 1.165) is 35.7 Å². The third-order valence-electron chi connectivity index (χ3n) is 4.46. The summed E-state index contributed by atoms with van der Waals surface area (Å²) in [7, 11) is 3.23. The van der Waals surface area contributed by atoms with Gasteiger partial charge in [-0.2, -0.15) is 4.98 Å². The van der Waals surface area contributed by atoms with Crippen LogP contribution in [-0.4, -0.2) is 30.7 Å². The van der Waals surface area contributed by atoms with Crippen LogP contribution in [0.3, 0.4) is 0 Å². The quantitative estimate of drug-likeness (QED) is 0.511. The molecule has 2 aromatic carbocycles. The second-order valence-electron chi connectivity index (χ2n) is 7.13. The Kier molecular flexibility index (Phi) is 6.89. The van der Waals surface area contributed by atoms with Gasteiger partial charge in [-0.15, -0.1) is 0 Å². The molecule has 0 unspecified atom stereocenters. The molecule has 1 aromatic heterocycles. The van der Waals surface area contributed by atoms with E-state index in [2.05, 4.69) is 29.5 Å². The number of rotatable bonds is 9. The first-order valence-electron chi connectivity index (χ1n) is 9.76. The zero-order chi connectivity index (χ0) is 20.6. The smallest absolute Gasteiger partial charge is 0.229 e. The normalized spacial score (nSPS) is 10.7. The molecule has 2 N–H and O–H groups in total. The fourth-order valence-corrected chi connectivity index (χ4v) is 2.88. The molecule has 0 amide bonds. The number of ether oxygens (including phenoxy) is 2. The maximum absolute atomic E-state index is 5.39. The van der Waals surface area contributed by atoms with Crippen molar-refractivity contribution < 1.29 is 9.47 Å². The van der Waals surface area contributed by atoms with Crippen molar-refractivity contribution in [1.82, 2.24) is 9.97 Å². The molecule has 0 fully saturated rings. The Morgan fingerprint density at radius 3 is 2.34 bits per heavy atom. The lowest BCUT2D eigenvalue weighted by molar-refractivity contribution is 0.355. The highest BCUT2D eigenvalue weighted by molar-refractivity contribution is 5.67. The second-order valence-corrected chi connectivity index (χ2v) is 7.13. The highest BCUT2D eigenvalue weighted by atomic mass is 16.5. The Balaban J connectivity index is 1.90. The number of aromatic nitrogens is 2. The molecule has 6 nitrogen and oxygen atoms in total. The number of anilines is 3. The topological polar surface area (TPSA) is 68.3 Å². The van der Waals surface area contributed by atoms with Crippen LogP contribution in [-0.2, 0) is 0 Å². The molecular weight excluding hydrogens is 364 g/mol. The minimum absolute atomic E-state index is 0.519. The lowest BCUT2D eigenvalue weighted by atomic mass is 10.1. The van der Waals surface area contributed by atoms with Crippen molar-refractivity contribution in [2.24, 2.45) is 5.92 Å². The number of hydrogen-bond acceptors (Lipinski definition) is 6. The molecule has 0 saturated carbocycles. The Hall–Kier alpha value is -3.28. The number of benzene rings is 2. The van der Waals surface area contributed by atoms with Gasteiger partial charge < -0.3 is 20.1 Å². The molecule has 0 aliphatic heterocycles. The first-order chi connectivity index (χ1) is 14.1. The van der Waals surface area contributed by atoms with E-state index in [9.17, 15) is 0 Å². The van der Waals surface area contributed by atoms with Gasteiger partial charge in [0.25, 0.3) is 0 Å². The molecule has 6 heteroatoms. The fourth-order valence-electron chi connectivity index (χ4n) is 2.88. The van der Waals surface area contributed by atoms with Gasteiger partial charge in [-0.1, -0.05) is 44.2 Å². The molecule has 0 aliphatic carbocycles. The van der Waals surface area contributed by atoms with E-state index < -0.39 is 0 Å². The van der Waals surface area contributed by atoms with Crippen molar-refractivity contribution in [3.63, 3.8) is 0 Å². The summed E-state index contributed by atoms with van der Waals surface area (Å²) in [5.74, 6) is 3.26. The molecule has 0 bridgehead atoms. The summed E-state index contributed by atoms with van der Waals surface area (Å²) in [5.41, 5.74) is 2.72. The van der Waals surface area contributed by atoms with Gasteiger partial charge in [0.2, 0.25) is 5.95 Å². The van der Waals surface area contributed by atoms with Gasteiger partial charge >= 0.3 is 0 Å². The van der Waals surface area contributed by atoms with Gasteiger partial charge in [0.15, 0.2) is 11.5 Å². The van der Waals surface area contributed by atoms with Crippen molar-refractivity contribution in [1.29, 1.82) is 0 Å². The third kappa shape index (κ3) is 5.60. The average molecular weight is 393 g/mol. The van der Waals surface area contributed by atoms with Crippen molar-refractivity contribution in [3.8, 4) is 22.8 Å². The SMILES string of the molecule is COc1ccc(Nc2nc(NCCC(C)C)cc(-c3ccccc3)n2)cc1OC. The van der Waals surface area contributed by atoms with Gasteiger partial charge in [-0.3, -0.25) is 0 Å². The molecule has 0 saturated heterocycles. The standard InChI is InChI=1S/C23H28N4O2/c1-16(2)12-13-24-22-15-19(17-8-6-5-7-9-17)26-23(27-22)25-18-10-11-20(28-3)21(14-18)29-4/h5-11,14-16H,12-13H2,1-4H3,(H2,24,25,26,27). The van der Waals surface area contributed by atoms with Crippen LogP contribution < -0.4 is 20.1 Å². The number of nitrogens with one attached hydrogen (secondary N) is 2. The number of nitrogens with zero attached hydrogens (tertiary/aromatic N) is 2. The highest BCUT2D eigenvalue weighted by Gasteiger charge is 2.10. The molecule has 3 rings (SSSR count). The van der Waals surface area contributed by atoms with E-state index in [1.54, 1.807) is 14.2 Å². The van der Waals surface area contributed by atoms with Crippen molar-refractivity contribution in [2.45, 2.75) is 20.3 Å². The summed E-state index contributed by atoms with van der Waals surface area (Å²) in [6, 6.07) is 17.7. The minimum Gasteiger partial charge on any atom is -0.493 e. The van der Waals surface area contributed by atoms with Gasteiger partial charge in [-0.25, -0.2) is 4.98 Å². The molecule has 3 aromatic rings. The average Bonchev–Trinajstić information content (AvgIpc) is 2.74. The van der Waals surface area contributed by atoms with Crippen LogP contribution in [0, 0.1) is 5.92 Å². The molecule has 0 atom stereocenters. The lowest BCUT2D eigenvalue weighted by Crippen LogP contribution is -2.08.